The zero-order valence-electron chi connectivity index (χ0n) is 13.5. The molecule has 0 bridgehead atoms. The Bertz CT molecular complexity index is 686. The Morgan fingerprint density at radius 2 is 1.68 bits per heavy atom. The summed E-state index contributed by atoms with van der Waals surface area (Å²) in [7, 11) is 0. The van der Waals surface area contributed by atoms with Crippen molar-refractivity contribution < 1.29 is 17.9 Å². The highest BCUT2D eigenvalue weighted by Gasteiger charge is 2.30. The molecule has 0 saturated heterocycles. The van der Waals surface area contributed by atoms with Gasteiger partial charge in [0.25, 0.3) is 0 Å². The van der Waals surface area contributed by atoms with Crippen molar-refractivity contribution in [3.05, 3.63) is 59.7 Å². The Balaban J connectivity index is 0.00000312. The summed E-state index contributed by atoms with van der Waals surface area (Å²) in [5, 5.41) is 2.97. The summed E-state index contributed by atoms with van der Waals surface area (Å²) in [6.07, 6.45) is -4.12. The number of aryl methyl sites for hydroxylation is 1. The third-order valence-corrected chi connectivity index (χ3v) is 3.16. The van der Waals surface area contributed by atoms with Crippen LogP contribution in [-0.4, -0.2) is 18.9 Å². The number of aliphatic imine (C=N–C) groups is 1. The summed E-state index contributed by atoms with van der Waals surface area (Å²) in [6, 6.07) is 13.4. The standard InChI is InChI=1S/C17H18F3N3O.HI/c1-12-2-6-14(7-3-12)23-16(21)22-11-10-13-4-8-15(9-5-13)24-17(18,19)20;/h2-9H,10-11H2,1H3,(H3,21,22,23);1H. The molecule has 136 valence electrons. The van der Waals surface area contributed by atoms with Gasteiger partial charge in [-0.05, 0) is 43.2 Å². The average Bonchev–Trinajstić information content (AvgIpc) is 2.50. The van der Waals surface area contributed by atoms with E-state index < -0.39 is 6.36 Å². The highest BCUT2D eigenvalue weighted by Crippen LogP contribution is 2.22. The first-order chi connectivity index (χ1) is 11.3. The molecule has 0 radical (unpaired) electrons. The van der Waals surface area contributed by atoms with Crippen LogP contribution in [0.25, 0.3) is 0 Å². The average molecular weight is 465 g/mol. The lowest BCUT2D eigenvalue weighted by atomic mass is 10.1. The Labute approximate surface area is 161 Å². The van der Waals surface area contributed by atoms with Gasteiger partial charge in [0.05, 0.1) is 0 Å². The van der Waals surface area contributed by atoms with Crippen LogP contribution in [0.1, 0.15) is 11.1 Å². The topological polar surface area (TPSA) is 59.6 Å². The molecule has 0 aliphatic heterocycles. The molecule has 2 aromatic carbocycles. The fraction of sp³-hybridized carbons (Fsp3) is 0.235. The zero-order valence-corrected chi connectivity index (χ0v) is 15.8. The van der Waals surface area contributed by atoms with Crippen molar-refractivity contribution in [3.8, 4) is 5.75 Å². The van der Waals surface area contributed by atoms with Crippen LogP contribution in [0.2, 0.25) is 0 Å². The van der Waals surface area contributed by atoms with E-state index in [9.17, 15) is 13.2 Å². The Morgan fingerprint density at radius 3 is 2.24 bits per heavy atom. The number of rotatable bonds is 5. The molecule has 0 aliphatic rings. The van der Waals surface area contributed by atoms with Crippen molar-refractivity contribution in [1.29, 1.82) is 0 Å². The molecular formula is C17H19F3IN3O. The number of alkyl halides is 3. The van der Waals surface area contributed by atoms with Crippen LogP contribution in [-0.2, 0) is 6.42 Å². The summed E-state index contributed by atoms with van der Waals surface area (Å²) >= 11 is 0. The molecule has 0 aromatic heterocycles. The van der Waals surface area contributed by atoms with Crippen molar-refractivity contribution in [1.82, 2.24) is 0 Å². The number of ether oxygens (including phenoxy) is 1. The van der Waals surface area contributed by atoms with E-state index in [1.165, 1.54) is 12.1 Å². The van der Waals surface area contributed by atoms with Crippen LogP contribution in [0, 0.1) is 6.92 Å². The van der Waals surface area contributed by atoms with Gasteiger partial charge in [0.1, 0.15) is 5.75 Å². The first kappa shape index (κ1) is 21.1. The van der Waals surface area contributed by atoms with Gasteiger partial charge in [-0.25, -0.2) is 0 Å². The lowest BCUT2D eigenvalue weighted by Gasteiger charge is -2.09. The molecule has 0 amide bonds. The summed E-state index contributed by atoms with van der Waals surface area (Å²) < 4.78 is 40.0. The molecule has 3 N–H and O–H groups in total. The molecule has 0 fully saturated rings. The first-order valence-corrected chi connectivity index (χ1v) is 7.30. The van der Waals surface area contributed by atoms with Gasteiger partial charge in [0.15, 0.2) is 5.96 Å². The highest BCUT2D eigenvalue weighted by molar-refractivity contribution is 14.0. The van der Waals surface area contributed by atoms with E-state index in [2.05, 4.69) is 15.0 Å². The minimum atomic E-state index is -4.68. The van der Waals surface area contributed by atoms with Gasteiger partial charge in [-0.3, -0.25) is 4.99 Å². The highest BCUT2D eigenvalue weighted by atomic mass is 127. The molecule has 2 rings (SSSR count). The van der Waals surface area contributed by atoms with Gasteiger partial charge < -0.3 is 15.8 Å². The Morgan fingerprint density at radius 1 is 1.08 bits per heavy atom. The van der Waals surface area contributed by atoms with Crippen molar-refractivity contribution >= 4 is 35.6 Å². The number of nitrogens with one attached hydrogen (secondary N) is 1. The molecule has 0 spiro atoms. The van der Waals surface area contributed by atoms with Crippen LogP contribution in [0.5, 0.6) is 5.75 Å². The summed E-state index contributed by atoms with van der Waals surface area (Å²) in [5.74, 6) is 0.0474. The van der Waals surface area contributed by atoms with Crippen LogP contribution in [0.15, 0.2) is 53.5 Å². The molecule has 25 heavy (non-hydrogen) atoms. The van der Waals surface area contributed by atoms with Gasteiger partial charge in [0, 0.05) is 12.2 Å². The fourth-order valence-corrected chi connectivity index (χ4v) is 1.99. The van der Waals surface area contributed by atoms with E-state index in [0.717, 1.165) is 16.8 Å². The van der Waals surface area contributed by atoms with E-state index in [-0.39, 0.29) is 35.7 Å². The van der Waals surface area contributed by atoms with Crippen molar-refractivity contribution in [2.45, 2.75) is 19.7 Å². The lowest BCUT2D eigenvalue weighted by Crippen LogP contribution is -2.23. The van der Waals surface area contributed by atoms with Gasteiger partial charge in [-0.15, -0.1) is 37.1 Å². The molecule has 4 nitrogen and oxygen atoms in total. The minimum absolute atomic E-state index is 0. The third-order valence-electron chi connectivity index (χ3n) is 3.16. The van der Waals surface area contributed by atoms with E-state index in [4.69, 9.17) is 5.73 Å². The number of benzene rings is 2. The molecule has 0 aliphatic carbocycles. The maximum Gasteiger partial charge on any atom is 0.573 e. The normalized spacial score (nSPS) is 11.6. The smallest absolute Gasteiger partial charge is 0.406 e. The Hall–Kier alpha value is -1.97. The first-order valence-electron chi connectivity index (χ1n) is 7.30. The molecule has 0 heterocycles. The van der Waals surface area contributed by atoms with Gasteiger partial charge in [0.2, 0.25) is 0 Å². The molecule has 2 aromatic rings. The predicted octanol–water partition coefficient (Wildman–Crippen LogP) is 4.48. The SMILES string of the molecule is Cc1ccc(NC(N)=NCCc2ccc(OC(F)(F)F)cc2)cc1.I. The van der Waals surface area contributed by atoms with Gasteiger partial charge in [-0.2, -0.15) is 0 Å². The molecule has 0 atom stereocenters. The fourth-order valence-electron chi connectivity index (χ4n) is 1.99. The van der Waals surface area contributed by atoms with Crippen LogP contribution in [0.3, 0.4) is 0 Å². The van der Waals surface area contributed by atoms with E-state index in [1.54, 1.807) is 12.1 Å². The number of nitrogens with zero attached hydrogens (tertiary/aromatic N) is 1. The van der Waals surface area contributed by atoms with Crippen LogP contribution < -0.4 is 15.8 Å². The van der Waals surface area contributed by atoms with Crippen molar-refractivity contribution in [2.24, 2.45) is 10.7 Å². The van der Waals surface area contributed by atoms with Crippen molar-refractivity contribution in [2.75, 3.05) is 11.9 Å². The van der Waals surface area contributed by atoms with Gasteiger partial charge >= 0.3 is 6.36 Å². The largest absolute Gasteiger partial charge is 0.573 e. The molecule has 0 unspecified atom stereocenters. The second-order valence-corrected chi connectivity index (χ2v) is 5.20. The molecular weight excluding hydrogens is 446 g/mol. The lowest BCUT2D eigenvalue weighted by molar-refractivity contribution is -0.274. The van der Waals surface area contributed by atoms with E-state index in [1.807, 2.05) is 31.2 Å². The molecule has 0 saturated carbocycles. The number of nitrogens with two attached hydrogens (primary N) is 1. The maximum absolute atomic E-state index is 12.1. The predicted molar refractivity (Wildman–Crippen MR) is 104 cm³/mol. The Kier molecular flexibility index (Phi) is 8.01. The minimum Gasteiger partial charge on any atom is -0.406 e. The number of hydrogen-bond acceptors (Lipinski definition) is 2. The third kappa shape index (κ3) is 8.10. The van der Waals surface area contributed by atoms with Crippen LogP contribution in [0.4, 0.5) is 18.9 Å². The van der Waals surface area contributed by atoms with E-state index in [0.29, 0.717) is 13.0 Å². The summed E-state index contributed by atoms with van der Waals surface area (Å²) in [6.45, 7) is 2.41. The number of anilines is 1. The number of halogens is 4. The van der Waals surface area contributed by atoms with Crippen LogP contribution >= 0.6 is 24.0 Å². The summed E-state index contributed by atoms with van der Waals surface area (Å²) in [5.41, 5.74) is 8.63. The summed E-state index contributed by atoms with van der Waals surface area (Å²) in [4.78, 5) is 4.19. The van der Waals surface area contributed by atoms with Gasteiger partial charge in [-0.1, -0.05) is 29.8 Å². The quantitative estimate of drug-likeness (QED) is 0.389. The van der Waals surface area contributed by atoms with Crippen molar-refractivity contribution in [3.63, 3.8) is 0 Å². The maximum atomic E-state index is 12.1. The molecule has 8 heteroatoms. The number of guanidine groups is 1. The second kappa shape index (κ2) is 9.50. The monoisotopic (exact) mass is 465 g/mol. The second-order valence-electron chi connectivity index (χ2n) is 5.20. The van der Waals surface area contributed by atoms with E-state index >= 15 is 0 Å². The zero-order chi connectivity index (χ0) is 17.6. The number of hydrogen-bond donors (Lipinski definition) is 2.